The average Bonchev–Trinajstić information content (AvgIpc) is 2.89. The van der Waals surface area contributed by atoms with Crippen molar-refractivity contribution in [2.75, 3.05) is 20.2 Å². The second-order valence-electron chi connectivity index (χ2n) is 5.44. The highest BCUT2D eigenvalue weighted by Crippen LogP contribution is 2.32. The van der Waals surface area contributed by atoms with Crippen molar-refractivity contribution in [1.82, 2.24) is 10.2 Å². The predicted octanol–water partition coefficient (Wildman–Crippen LogP) is 2.16. The van der Waals surface area contributed by atoms with Crippen LogP contribution in [0.1, 0.15) is 24.9 Å². The van der Waals surface area contributed by atoms with E-state index in [2.05, 4.69) is 15.0 Å². The lowest BCUT2D eigenvalue weighted by molar-refractivity contribution is 0.164. The number of alkyl carbamates (subject to hydrolysis) is 1. The summed E-state index contributed by atoms with van der Waals surface area (Å²) in [4.78, 5) is 13.6. The molecule has 3 atom stereocenters. The van der Waals surface area contributed by atoms with Crippen LogP contribution in [-0.2, 0) is 4.74 Å². The lowest BCUT2D eigenvalue weighted by Gasteiger charge is -2.32. The Bertz CT molecular complexity index is 496. The molecule has 1 aromatic carbocycles. The van der Waals surface area contributed by atoms with E-state index >= 15 is 0 Å². The second-order valence-corrected chi connectivity index (χ2v) is 5.85. The van der Waals surface area contributed by atoms with Crippen LogP contribution < -0.4 is 11.1 Å². The number of carbonyl (C=O) groups excluding carboxylic acids is 1. The molecule has 1 amide bonds. The highest BCUT2D eigenvalue weighted by atomic mass is 35.5. The largest absolute Gasteiger partial charge is 0.453 e. The summed E-state index contributed by atoms with van der Waals surface area (Å²) in [5.74, 6) is 0. The maximum atomic E-state index is 11.3. The van der Waals surface area contributed by atoms with Crippen LogP contribution in [0, 0.1) is 0 Å². The first-order valence-corrected chi connectivity index (χ1v) is 7.49. The Morgan fingerprint density at radius 2 is 2.24 bits per heavy atom. The van der Waals surface area contributed by atoms with Crippen molar-refractivity contribution in [3.8, 4) is 0 Å². The quantitative estimate of drug-likeness (QED) is 0.894. The number of hydrogen-bond acceptors (Lipinski definition) is 4. The molecular formula is C15H22ClN3O2. The number of carbonyl (C=O) groups is 1. The van der Waals surface area contributed by atoms with Gasteiger partial charge in [-0.3, -0.25) is 4.90 Å². The molecule has 0 aliphatic carbocycles. The number of amides is 1. The van der Waals surface area contributed by atoms with Crippen molar-refractivity contribution in [2.24, 2.45) is 5.73 Å². The minimum absolute atomic E-state index is 0.0446. The molecule has 1 aliphatic heterocycles. The van der Waals surface area contributed by atoms with Crippen LogP contribution in [0.3, 0.4) is 0 Å². The molecule has 1 fully saturated rings. The van der Waals surface area contributed by atoms with Crippen LogP contribution in [-0.4, -0.2) is 43.3 Å². The molecule has 0 radical (unpaired) electrons. The van der Waals surface area contributed by atoms with Crippen molar-refractivity contribution >= 4 is 17.7 Å². The highest BCUT2D eigenvalue weighted by molar-refractivity contribution is 6.31. The zero-order chi connectivity index (χ0) is 15.4. The van der Waals surface area contributed by atoms with Crippen LogP contribution in [0.15, 0.2) is 24.3 Å². The van der Waals surface area contributed by atoms with E-state index in [1.807, 2.05) is 31.2 Å². The Hall–Kier alpha value is -1.30. The first-order chi connectivity index (χ1) is 10.0. The van der Waals surface area contributed by atoms with Crippen LogP contribution in [0.25, 0.3) is 0 Å². The molecule has 3 N–H and O–H groups in total. The summed E-state index contributed by atoms with van der Waals surface area (Å²) < 4.78 is 4.64. The minimum atomic E-state index is -0.392. The number of nitrogens with zero attached hydrogens (tertiary/aromatic N) is 1. The van der Waals surface area contributed by atoms with Crippen LogP contribution in [0.5, 0.6) is 0 Å². The number of nitrogens with one attached hydrogen (secondary N) is 1. The molecule has 0 aromatic heterocycles. The van der Waals surface area contributed by atoms with Crippen molar-refractivity contribution in [1.29, 1.82) is 0 Å². The number of benzene rings is 1. The molecule has 0 saturated carbocycles. The number of methoxy groups -OCH3 is 1. The summed E-state index contributed by atoms with van der Waals surface area (Å²) in [6.07, 6.45) is 0.486. The smallest absolute Gasteiger partial charge is 0.407 e. The predicted molar refractivity (Wildman–Crippen MR) is 83.4 cm³/mol. The van der Waals surface area contributed by atoms with Crippen LogP contribution in [0.2, 0.25) is 5.02 Å². The molecule has 116 valence electrons. The number of nitrogens with two attached hydrogens (primary N) is 1. The van der Waals surface area contributed by atoms with Gasteiger partial charge in [-0.1, -0.05) is 29.8 Å². The summed E-state index contributed by atoms with van der Waals surface area (Å²) in [5.41, 5.74) is 7.21. The van der Waals surface area contributed by atoms with Gasteiger partial charge in [0, 0.05) is 30.2 Å². The van der Waals surface area contributed by atoms with Gasteiger partial charge < -0.3 is 15.8 Å². The molecule has 1 saturated heterocycles. The van der Waals surface area contributed by atoms with Crippen molar-refractivity contribution < 1.29 is 9.53 Å². The monoisotopic (exact) mass is 311 g/mol. The van der Waals surface area contributed by atoms with Crippen LogP contribution >= 0.6 is 11.6 Å². The maximum absolute atomic E-state index is 11.3. The Balaban J connectivity index is 2.11. The fourth-order valence-electron chi connectivity index (χ4n) is 2.91. The molecule has 3 unspecified atom stereocenters. The van der Waals surface area contributed by atoms with E-state index < -0.39 is 6.09 Å². The summed E-state index contributed by atoms with van der Waals surface area (Å²) in [6, 6.07) is 7.85. The standard InChI is InChI=1S/C15H22ClN3O2/c1-10(17)14(12-5-3-4-6-13(12)16)19-8-7-11(9-19)18-15(20)21-2/h3-6,10-11,14H,7-9,17H2,1-2H3,(H,18,20). The van der Waals surface area contributed by atoms with Gasteiger partial charge in [-0.25, -0.2) is 4.79 Å². The molecule has 2 rings (SSSR count). The zero-order valence-corrected chi connectivity index (χ0v) is 13.1. The third-order valence-corrected chi connectivity index (χ3v) is 4.19. The van der Waals surface area contributed by atoms with E-state index in [0.717, 1.165) is 30.1 Å². The number of likely N-dealkylation sites (tertiary alicyclic amines) is 1. The number of hydrogen-bond donors (Lipinski definition) is 2. The third-order valence-electron chi connectivity index (χ3n) is 3.84. The molecule has 1 aromatic rings. The normalized spacial score (nSPS) is 21.8. The van der Waals surface area contributed by atoms with Gasteiger partial charge in [-0.15, -0.1) is 0 Å². The third kappa shape index (κ3) is 3.87. The van der Waals surface area contributed by atoms with E-state index in [4.69, 9.17) is 17.3 Å². The van der Waals surface area contributed by atoms with Gasteiger partial charge >= 0.3 is 6.09 Å². The fourth-order valence-corrected chi connectivity index (χ4v) is 3.16. The second kappa shape index (κ2) is 7.11. The average molecular weight is 312 g/mol. The number of halogens is 1. The highest BCUT2D eigenvalue weighted by Gasteiger charge is 2.32. The Labute approximate surface area is 130 Å². The van der Waals surface area contributed by atoms with Crippen molar-refractivity contribution in [2.45, 2.75) is 31.5 Å². The van der Waals surface area contributed by atoms with E-state index in [1.165, 1.54) is 7.11 Å². The van der Waals surface area contributed by atoms with E-state index in [9.17, 15) is 4.79 Å². The first kappa shape index (κ1) is 16.1. The fraction of sp³-hybridized carbons (Fsp3) is 0.533. The van der Waals surface area contributed by atoms with Crippen molar-refractivity contribution in [3.63, 3.8) is 0 Å². The van der Waals surface area contributed by atoms with Gasteiger partial charge in [-0.2, -0.15) is 0 Å². The lowest BCUT2D eigenvalue weighted by Crippen LogP contribution is -2.41. The van der Waals surface area contributed by atoms with Crippen LogP contribution in [0.4, 0.5) is 4.79 Å². The molecule has 0 bridgehead atoms. The molecule has 0 spiro atoms. The summed E-state index contributed by atoms with van der Waals surface area (Å²) in [6.45, 7) is 3.59. The maximum Gasteiger partial charge on any atom is 0.407 e. The topological polar surface area (TPSA) is 67.6 Å². The molecule has 1 aliphatic rings. The van der Waals surface area contributed by atoms with Gasteiger partial charge in [-0.05, 0) is 25.0 Å². The molecule has 1 heterocycles. The summed E-state index contributed by atoms with van der Waals surface area (Å²) in [7, 11) is 1.37. The summed E-state index contributed by atoms with van der Waals surface area (Å²) >= 11 is 6.31. The van der Waals surface area contributed by atoms with E-state index in [0.29, 0.717) is 0 Å². The minimum Gasteiger partial charge on any atom is -0.453 e. The number of rotatable bonds is 4. The SMILES string of the molecule is COC(=O)NC1CCN(C(c2ccccc2Cl)C(C)N)C1. The molecular weight excluding hydrogens is 290 g/mol. The van der Waals surface area contributed by atoms with E-state index in [1.54, 1.807) is 0 Å². The van der Waals surface area contributed by atoms with Gasteiger partial charge in [0.05, 0.1) is 13.2 Å². The van der Waals surface area contributed by atoms with Gasteiger partial charge in [0.1, 0.15) is 0 Å². The summed E-state index contributed by atoms with van der Waals surface area (Å²) in [5, 5.41) is 3.57. The Kier molecular flexibility index (Phi) is 5.45. The lowest BCUT2D eigenvalue weighted by atomic mass is 9.99. The van der Waals surface area contributed by atoms with Gasteiger partial charge in [0.25, 0.3) is 0 Å². The van der Waals surface area contributed by atoms with Gasteiger partial charge in [0.2, 0.25) is 0 Å². The van der Waals surface area contributed by atoms with E-state index in [-0.39, 0.29) is 18.1 Å². The molecule has 21 heavy (non-hydrogen) atoms. The van der Waals surface area contributed by atoms with Gasteiger partial charge in [0.15, 0.2) is 0 Å². The Morgan fingerprint density at radius 1 is 1.52 bits per heavy atom. The molecule has 5 nitrogen and oxygen atoms in total. The first-order valence-electron chi connectivity index (χ1n) is 7.11. The van der Waals surface area contributed by atoms with Crippen molar-refractivity contribution in [3.05, 3.63) is 34.9 Å². The number of ether oxygens (including phenoxy) is 1. The molecule has 6 heteroatoms. The Morgan fingerprint density at radius 3 is 2.86 bits per heavy atom. The zero-order valence-electron chi connectivity index (χ0n) is 12.4.